The number of anilines is 3. The first-order valence-corrected chi connectivity index (χ1v) is 12.7. The summed E-state index contributed by atoms with van der Waals surface area (Å²) in [5.74, 6) is 0.615. The van der Waals surface area contributed by atoms with Crippen molar-refractivity contribution >= 4 is 23.0 Å². The van der Waals surface area contributed by atoms with Crippen LogP contribution in [0.15, 0.2) is 84.9 Å². The van der Waals surface area contributed by atoms with Gasteiger partial charge in [0, 0.05) is 46.8 Å². The fourth-order valence-electron chi connectivity index (χ4n) is 5.46. The van der Waals surface area contributed by atoms with Gasteiger partial charge in [-0.3, -0.25) is 0 Å². The van der Waals surface area contributed by atoms with Crippen molar-refractivity contribution in [3.8, 4) is 11.5 Å². The molecule has 2 aliphatic heterocycles. The van der Waals surface area contributed by atoms with Crippen LogP contribution in [0, 0.1) is 0 Å². The van der Waals surface area contributed by atoms with Gasteiger partial charge in [0.05, 0.1) is 11.1 Å². The van der Waals surface area contributed by atoms with Crippen molar-refractivity contribution in [1.29, 1.82) is 0 Å². The summed E-state index contributed by atoms with van der Waals surface area (Å²) in [6.07, 6.45) is -4.46. The Labute approximate surface area is 223 Å². The number of nitrogens with one attached hydrogen (secondary N) is 1. The lowest BCUT2D eigenvalue weighted by Gasteiger charge is -2.37. The summed E-state index contributed by atoms with van der Waals surface area (Å²) in [4.78, 5) is 15.5. The number of hydrogen-bond acceptors (Lipinski definition) is 5. The topological polar surface area (TPSA) is 50.8 Å². The number of fused-ring (bicyclic) bond motifs is 6. The van der Waals surface area contributed by atoms with Crippen LogP contribution in [0.3, 0.4) is 0 Å². The highest BCUT2D eigenvalue weighted by atomic mass is 19.4. The largest absolute Gasteiger partial charge is 0.456 e. The first kappa shape index (κ1) is 24.9. The van der Waals surface area contributed by atoms with Gasteiger partial charge in [0.1, 0.15) is 11.5 Å². The molecule has 0 fully saturated rings. The van der Waals surface area contributed by atoms with Gasteiger partial charge in [-0.2, -0.15) is 13.2 Å². The molecule has 0 aromatic heterocycles. The molecule has 39 heavy (non-hydrogen) atoms. The molecule has 5 nitrogen and oxygen atoms in total. The van der Waals surface area contributed by atoms with Crippen LogP contribution in [0.4, 0.5) is 30.2 Å². The Morgan fingerprint density at radius 2 is 1.54 bits per heavy atom. The highest BCUT2D eigenvalue weighted by molar-refractivity contribution is 5.97. The van der Waals surface area contributed by atoms with Crippen LogP contribution in [-0.4, -0.2) is 19.1 Å². The van der Waals surface area contributed by atoms with Gasteiger partial charge in [-0.15, -0.1) is 0 Å². The summed E-state index contributed by atoms with van der Waals surface area (Å²) in [5.41, 5.74) is 2.16. The predicted octanol–water partition coefficient (Wildman–Crippen LogP) is 7.86. The van der Waals surface area contributed by atoms with E-state index in [-0.39, 0.29) is 5.69 Å². The number of para-hydroxylation sites is 1. The van der Waals surface area contributed by atoms with E-state index >= 15 is 0 Å². The lowest BCUT2D eigenvalue weighted by molar-refractivity contribution is -0.137. The van der Waals surface area contributed by atoms with Gasteiger partial charge in [-0.25, -0.2) is 4.79 Å². The second kappa shape index (κ2) is 9.08. The van der Waals surface area contributed by atoms with Gasteiger partial charge in [0.25, 0.3) is 0 Å². The predicted molar refractivity (Wildman–Crippen MR) is 143 cm³/mol. The number of rotatable bonds is 5. The molecule has 2 aliphatic rings. The molecule has 0 aliphatic carbocycles. The Balaban J connectivity index is 1.53. The van der Waals surface area contributed by atoms with E-state index in [4.69, 9.17) is 9.47 Å². The van der Waals surface area contributed by atoms with E-state index in [1.54, 1.807) is 30.3 Å². The van der Waals surface area contributed by atoms with Crippen molar-refractivity contribution in [1.82, 2.24) is 0 Å². The molecule has 0 saturated carbocycles. The van der Waals surface area contributed by atoms with Crippen molar-refractivity contribution in [3.05, 3.63) is 113 Å². The summed E-state index contributed by atoms with van der Waals surface area (Å²) >= 11 is 0. The first-order chi connectivity index (χ1) is 18.7. The van der Waals surface area contributed by atoms with E-state index in [0.717, 1.165) is 30.9 Å². The summed E-state index contributed by atoms with van der Waals surface area (Å²) in [5, 5.41) is 3.08. The van der Waals surface area contributed by atoms with Crippen LogP contribution in [0.5, 0.6) is 11.5 Å². The molecule has 1 N–H and O–H groups in total. The Hall–Kier alpha value is -4.46. The molecular weight excluding hydrogens is 505 g/mol. The van der Waals surface area contributed by atoms with Crippen molar-refractivity contribution in [2.75, 3.05) is 23.3 Å². The van der Waals surface area contributed by atoms with Crippen molar-refractivity contribution in [2.24, 2.45) is 0 Å². The molecule has 1 atom stereocenters. The molecule has 1 unspecified atom stereocenters. The lowest BCUT2D eigenvalue weighted by atomic mass is 9.77. The van der Waals surface area contributed by atoms with Gasteiger partial charge < -0.3 is 19.7 Å². The number of hydrogen-bond donors (Lipinski definition) is 1. The summed E-state index contributed by atoms with van der Waals surface area (Å²) in [7, 11) is 0. The summed E-state index contributed by atoms with van der Waals surface area (Å²) < 4.78 is 52.4. The zero-order valence-electron chi connectivity index (χ0n) is 21.3. The highest BCUT2D eigenvalue weighted by Gasteiger charge is 2.53. The smallest absolute Gasteiger partial charge is 0.416 e. The molecule has 0 radical (unpaired) electrons. The number of carbonyl (C=O) groups excluding carboxylic acids is 1. The maximum atomic E-state index is 13.3. The van der Waals surface area contributed by atoms with Crippen LogP contribution < -0.4 is 15.0 Å². The second-order valence-electron chi connectivity index (χ2n) is 9.49. The Morgan fingerprint density at radius 1 is 0.795 bits per heavy atom. The van der Waals surface area contributed by atoms with Crippen molar-refractivity contribution in [2.45, 2.75) is 25.6 Å². The molecule has 0 saturated heterocycles. The second-order valence-corrected chi connectivity index (χ2v) is 9.49. The van der Waals surface area contributed by atoms with E-state index < -0.39 is 23.3 Å². The number of halogens is 3. The van der Waals surface area contributed by atoms with E-state index in [1.807, 2.05) is 36.4 Å². The summed E-state index contributed by atoms with van der Waals surface area (Å²) in [6.45, 7) is 5.72. The van der Waals surface area contributed by atoms with Gasteiger partial charge in [0.2, 0.25) is 0 Å². The third-order valence-electron chi connectivity index (χ3n) is 7.30. The molecule has 4 aromatic rings. The molecule has 2 heterocycles. The van der Waals surface area contributed by atoms with Crippen molar-refractivity contribution in [3.63, 3.8) is 0 Å². The van der Waals surface area contributed by atoms with Gasteiger partial charge in [-0.05, 0) is 74.5 Å². The Morgan fingerprint density at radius 3 is 2.31 bits per heavy atom. The molecule has 0 bridgehead atoms. The monoisotopic (exact) mass is 530 g/mol. The number of alkyl halides is 3. The third kappa shape index (κ3) is 3.98. The minimum absolute atomic E-state index is 0.281. The maximum absolute atomic E-state index is 13.3. The average molecular weight is 531 g/mol. The van der Waals surface area contributed by atoms with Gasteiger partial charge >= 0.3 is 12.1 Å². The van der Waals surface area contributed by atoms with E-state index in [1.165, 1.54) is 6.07 Å². The number of benzene rings is 4. The average Bonchev–Trinajstić information content (AvgIpc) is 3.22. The zero-order valence-corrected chi connectivity index (χ0v) is 21.3. The Bertz CT molecular complexity index is 1600. The molecule has 8 heteroatoms. The summed E-state index contributed by atoms with van der Waals surface area (Å²) in [6, 6.07) is 23.4. The third-order valence-corrected chi connectivity index (χ3v) is 7.30. The fourth-order valence-corrected chi connectivity index (χ4v) is 5.46. The van der Waals surface area contributed by atoms with Crippen LogP contribution in [0.1, 0.15) is 46.5 Å². The van der Waals surface area contributed by atoms with Gasteiger partial charge in [-0.1, -0.05) is 24.3 Å². The minimum atomic E-state index is -4.46. The quantitative estimate of drug-likeness (QED) is 0.266. The Kier molecular flexibility index (Phi) is 5.79. The standard InChI is InChI=1S/C31H25F3N2O3/c1-3-36(4-2)22-13-14-23-25(18-22)30(39-29(23)37)24-10-5-6-11-27(24)38-28-15-12-21(17-26(28)30)35-20-9-7-8-19(16-20)31(32,33)34/h5-18,35H,3-4H2,1-2H3. The molecular formula is C31H25F3N2O3. The highest BCUT2D eigenvalue weighted by Crippen LogP contribution is 2.57. The normalized spacial score (nSPS) is 17.1. The number of carbonyl (C=O) groups is 1. The number of ether oxygens (including phenoxy) is 2. The first-order valence-electron chi connectivity index (χ1n) is 12.7. The zero-order chi connectivity index (χ0) is 27.4. The molecule has 1 spiro atoms. The fraction of sp³-hybridized carbons (Fsp3) is 0.194. The van der Waals surface area contributed by atoms with Crippen LogP contribution in [-0.2, 0) is 16.5 Å². The number of nitrogens with zero attached hydrogens (tertiary/aromatic N) is 1. The lowest BCUT2D eigenvalue weighted by Crippen LogP contribution is -2.33. The molecule has 4 aromatic carbocycles. The minimum Gasteiger partial charge on any atom is -0.456 e. The molecule has 198 valence electrons. The van der Waals surface area contributed by atoms with Crippen LogP contribution in [0.2, 0.25) is 0 Å². The van der Waals surface area contributed by atoms with E-state index in [9.17, 15) is 18.0 Å². The van der Waals surface area contributed by atoms with E-state index in [2.05, 4.69) is 24.1 Å². The molecule has 6 rings (SSSR count). The molecule has 0 amide bonds. The van der Waals surface area contributed by atoms with Gasteiger partial charge in [0.15, 0.2) is 5.60 Å². The maximum Gasteiger partial charge on any atom is 0.416 e. The van der Waals surface area contributed by atoms with Crippen molar-refractivity contribution < 1.29 is 27.4 Å². The van der Waals surface area contributed by atoms with E-state index in [0.29, 0.717) is 39.4 Å². The SMILES string of the molecule is CCN(CC)c1ccc2c(c1)C1(OC2=O)c2ccccc2Oc2ccc(Nc3cccc(C(F)(F)F)c3)cc21. The number of esters is 1. The van der Waals surface area contributed by atoms with Crippen LogP contribution >= 0.6 is 0 Å². The van der Waals surface area contributed by atoms with Crippen LogP contribution in [0.25, 0.3) is 0 Å².